The van der Waals surface area contributed by atoms with Gasteiger partial charge < -0.3 is 19.6 Å². The predicted octanol–water partition coefficient (Wildman–Crippen LogP) is 3.60. The first-order valence-corrected chi connectivity index (χ1v) is 10.4. The van der Waals surface area contributed by atoms with Crippen molar-refractivity contribution in [1.29, 1.82) is 0 Å². The third kappa shape index (κ3) is 3.34. The third-order valence-corrected chi connectivity index (χ3v) is 5.73. The summed E-state index contributed by atoms with van der Waals surface area (Å²) in [4.78, 5) is 39.5. The van der Waals surface area contributed by atoms with Crippen LogP contribution in [0.15, 0.2) is 72.6 Å². The molecule has 5 rings (SSSR count). The summed E-state index contributed by atoms with van der Waals surface area (Å²) in [7, 11) is 2.94. The molecule has 2 aromatic heterocycles. The number of pyridine rings is 1. The van der Waals surface area contributed by atoms with Crippen LogP contribution in [-0.4, -0.2) is 46.0 Å². The molecule has 1 atom stereocenters. The number of carbonyl (C=O) groups is 2. The van der Waals surface area contributed by atoms with E-state index in [0.29, 0.717) is 28.1 Å². The number of ether oxygens (including phenoxy) is 2. The van der Waals surface area contributed by atoms with E-state index in [1.807, 2.05) is 18.2 Å². The van der Waals surface area contributed by atoms with Gasteiger partial charge in [-0.25, -0.2) is 4.98 Å². The second kappa shape index (κ2) is 8.36. The van der Waals surface area contributed by atoms with E-state index in [9.17, 15) is 14.7 Å². The average Bonchev–Trinajstić information content (AvgIpc) is 3.42. The van der Waals surface area contributed by atoms with Crippen LogP contribution in [0.3, 0.4) is 0 Å². The number of rotatable bonds is 5. The summed E-state index contributed by atoms with van der Waals surface area (Å²) in [6.07, 6.45) is 3.11. The van der Waals surface area contributed by atoms with Gasteiger partial charge in [0.05, 0.1) is 42.4 Å². The Morgan fingerprint density at radius 3 is 2.50 bits per heavy atom. The zero-order chi connectivity index (χ0) is 23.8. The van der Waals surface area contributed by atoms with Crippen molar-refractivity contribution in [3.05, 3.63) is 83.7 Å². The first-order valence-electron chi connectivity index (χ1n) is 10.4. The molecule has 0 spiro atoms. The highest BCUT2D eigenvalue weighted by atomic mass is 16.5. The normalized spacial score (nSPS) is 17.4. The molecule has 2 N–H and O–H groups in total. The number of benzene rings is 2. The Labute approximate surface area is 194 Å². The molecular formula is C25H20N4O5. The van der Waals surface area contributed by atoms with Crippen LogP contribution in [0.2, 0.25) is 0 Å². The van der Waals surface area contributed by atoms with Gasteiger partial charge in [0.1, 0.15) is 17.3 Å². The van der Waals surface area contributed by atoms with Crippen molar-refractivity contribution in [2.45, 2.75) is 6.04 Å². The maximum absolute atomic E-state index is 13.3. The predicted molar refractivity (Wildman–Crippen MR) is 125 cm³/mol. The molecule has 9 heteroatoms. The highest BCUT2D eigenvalue weighted by Crippen LogP contribution is 2.43. The number of methoxy groups -OCH3 is 2. The van der Waals surface area contributed by atoms with E-state index in [1.165, 1.54) is 19.1 Å². The van der Waals surface area contributed by atoms with E-state index in [-0.39, 0.29) is 22.8 Å². The van der Waals surface area contributed by atoms with Gasteiger partial charge in [0.2, 0.25) is 5.95 Å². The van der Waals surface area contributed by atoms with Crippen molar-refractivity contribution >= 4 is 34.4 Å². The van der Waals surface area contributed by atoms with Crippen LogP contribution in [0.25, 0.3) is 16.8 Å². The number of aromatic nitrogens is 3. The van der Waals surface area contributed by atoms with Gasteiger partial charge in [-0.2, -0.15) is 0 Å². The molecule has 2 aromatic carbocycles. The fourth-order valence-corrected chi connectivity index (χ4v) is 4.11. The van der Waals surface area contributed by atoms with E-state index < -0.39 is 17.7 Å². The number of H-pyrrole nitrogens is 1. The Morgan fingerprint density at radius 2 is 1.79 bits per heavy atom. The van der Waals surface area contributed by atoms with Crippen LogP contribution in [0, 0.1) is 0 Å². The van der Waals surface area contributed by atoms with Crippen molar-refractivity contribution in [1.82, 2.24) is 15.0 Å². The second-order valence-electron chi connectivity index (χ2n) is 7.59. The van der Waals surface area contributed by atoms with E-state index in [1.54, 1.807) is 48.8 Å². The first-order chi connectivity index (χ1) is 16.5. The molecule has 0 aliphatic carbocycles. The number of amides is 1. The standard InChI is InChI=1S/C25H20N4O5/c1-33-15-7-8-19(34-2)16(13-15)22(30)20-21(14-9-11-26-12-10-14)29(24(32)23(20)31)25-27-17-5-3-4-6-18(17)28-25/h3-13,21,30H,1-2H3,(H,27,28)/b22-20+. The smallest absolute Gasteiger partial charge is 0.302 e. The highest BCUT2D eigenvalue weighted by molar-refractivity contribution is 6.51. The lowest BCUT2D eigenvalue weighted by Crippen LogP contribution is -2.30. The number of carbonyl (C=O) groups excluding carboxylic acids is 2. The molecule has 34 heavy (non-hydrogen) atoms. The summed E-state index contributed by atoms with van der Waals surface area (Å²) in [6, 6.07) is 14.5. The maximum Gasteiger partial charge on any atom is 0.302 e. The fourth-order valence-electron chi connectivity index (χ4n) is 4.11. The molecule has 1 fully saturated rings. The Hall–Kier alpha value is -4.66. The molecule has 1 aliphatic heterocycles. The number of hydrogen-bond acceptors (Lipinski definition) is 7. The second-order valence-corrected chi connectivity index (χ2v) is 7.59. The van der Waals surface area contributed by atoms with Gasteiger partial charge in [0, 0.05) is 12.4 Å². The number of para-hydroxylation sites is 2. The molecule has 9 nitrogen and oxygen atoms in total. The van der Waals surface area contributed by atoms with Gasteiger partial charge in [0.25, 0.3) is 5.78 Å². The molecule has 4 aromatic rings. The van der Waals surface area contributed by atoms with E-state index in [2.05, 4.69) is 15.0 Å². The molecule has 1 unspecified atom stereocenters. The zero-order valence-electron chi connectivity index (χ0n) is 18.4. The maximum atomic E-state index is 13.3. The molecule has 170 valence electrons. The van der Waals surface area contributed by atoms with E-state index >= 15 is 0 Å². The number of fused-ring (bicyclic) bond motifs is 1. The number of nitrogens with one attached hydrogen (secondary N) is 1. The number of imidazole rings is 1. The minimum absolute atomic E-state index is 0.0943. The van der Waals surface area contributed by atoms with Crippen molar-refractivity contribution in [3.63, 3.8) is 0 Å². The highest BCUT2D eigenvalue weighted by Gasteiger charge is 2.48. The van der Waals surface area contributed by atoms with Crippen LogP contribution in [0.1, 0.15) is 17.2 Å². The van der Waals surface area contributed by atoms with Crippen LogP contribution in [0.5, 0.6) is 11.5 Å². The molecular weight excluding hydrogens is 436 g/mol. The summed E-state index contributed by atoms with van der Waals surface area (Å²) >= 11 is 0. The molecule has 1 amide bonds. The largest absolute Gasteiger partial charge is 0.507 e. The van der Waals surface area contributed by atoms with Gasteiger partial charge in [0.15, 0.2) is 0 Å². The van der Waals surface area contributed by atoms with E-state index in [4.69, 9.17) is 9.47 Å². The van der Waals surface area contributed by atoms with Crippen molar-refractivity contribution in [2.75, 3.05) is 19.1 Å². The first kappa shape index (κ1) is 21.2. The molecule has 0 bridgehead atoms. The van der Waals surface area contributed by atoms with E-state index in [0.717, 1.165) is 0 Å². The van der Waals surface area contributed by atoms with Gasteiger partial charge in [-0.3, -0.25) is 19.5 Å². The third-order valence-electron chi connectivity index (χ3n) is 5.73. The van der Waals surface area contributed by atoms with Crippen LogP contribution >= 0.6 is 0 Å². The fraction of sp³-hybridized carbons (Fsp3) is 0.120. The number of anilines is 1. The quantitative estimate of drug-likeness (QED) is 0.268. The van der Waals surface area contributed by atoms with Crippen LogP contribution < -0.4 is 14.4 Å². The minimum atomic E-state index is -0.945. The Balaban J connectivity index is 1.75. The lowest BCUT2D eigenvalue weighted by Gasteiger charge is -2.23. The molecule has 3 heterocycles. The molecule has 1 aliphatic rings. The number of hydrogen-bond donors (Lipinski definition) is 2. The number of nitrogens with zero attached hydrogens (tertiary/aromatic N) is 3. The van der Waals surface area contributed by atoms with Gasteiger partial charge in [-0.15, -0.1) is 0 Å². The van der Waals surface area contributed by atoms with Gasteiger partial charge in [-0.1, -0.05) is 12.1 Å². The summed E-state index contributed by atoms with van der Waals surface area (Å²) in [5.74, 6) is -1.07. The van der Waals surface area contributed by atoms with Crippen molar-refractivity contribution in [2.24, 2.45) is 0 Å². The Morgan fingerprint density at radius 1 is 1.03 bits per heavy atom. The van der Waals surface area contributed by atoms with Crippen molar-refractivity contribution in [3.8, 4) is 11.5 Å². The lowest BCUT2D eigenvalue weighted by atomic mass is 9.95. The number of aliphatic hydroxyl groups excluding tert-OH is 1. The average molecular weight is 456 g/mol. The molecule has 1 saturated heterocycles. The number of Topliss-reactive ketones (excluding diaryl/α,β-unsaturated/α-hetero) is 1. The van der Waals surface area contributed by atoms with Crippen LogP contribution in [0.4, 0.5) is 5.95 Å². The molecule has 0 saturated carbocycles. The summed E-state index contributed by atoms with van der Waals surface area (Å²) in [6.45, 7) is 0. The Bertz CT molecular complexity index is 1410. The van der Waals surface area contributed by atoms with Crippen molar-refractivity contribution < 1.29 is 24.2 Å². The number of ketones is 1. The topological polar surface area (TPSA) is 118 Å². The summed E-state index contributed by atoms with van der Waals surface area (Å²) in [5.41, 5.74) is 2.06. The summed E-state index contributed by atoms with van der Waals surface area (Å²) < 4.78 is 10.7. The minimum Gasteiger partial charge on any atom is -0.507 e. The Kier molecular flexibility index (Phi) is 5.21. The van der Waals surface area contributed by atoms with Gasteiger partial charge >= 0.3 is 5.91 Å². The van der Waals surface area contributed by atoms with Crippen LogP contribution in [-0.2, 0) is 9.59 Å². The lowest BCUT2D eigenvalue weighted by molar-refractivity contribution is -0.132. The summed E-state index contributed by atoms with van der Waals surface area (Å²) in [5, 5.41) is 11.4. The SMILES string of the molecule is COc1ccc(OC)c(/C(O)=C2\C(=O)C(=O)N(c3nc4ccccc4[nH]3)C2c2ccncc2)c1. The zero-order valence-corrected chi connectivity index (χ0v) is 18.4. The molecule has 0 radical (unpaired) electrons. The number of aliphatic hydroxyl groups is 1. The monoisotopic (exact) mass is 456 g/mol. The van der Waals surface area contributed by atoms with Gasteiger partial charge in [-0.05, 0) is 48.0 Å². The number of aromatic amines is 1.